The molecular formula is C20H22N2O5. The van der Waals surface area contributed by atoms with Crippen LogP contribution in [0.25, 0.3) is 0 Å². The number of carbonyl (C=O) groups is 2. The smallest absolute Gasteiger partial charge is 0.335 e. The molecule has 7 nitrogen and oxygen atoms in total. The molecule has 7 heteroatoms. The third kappa shape index (κ3) is 4.20. The Morgan fingerprint density at radius 2 is 1.89 bits per heavy atom. The summed E-state index contributed by atoms with van der Waals surface area (Å²) in [5, 5.41) is 12.3. The van der Waals surface area contributed by atoms with Crippen LogP contribution in [0.3, 0.4) is 0 Å². The number of amides is 1. The summed E-state index contributed by atoms with van der Waals surface area (Å²) in [7, 11) is 3.14. The highest BCUT2D eigenvalue weighted by molar-refractivity contribution is 5.99. The Kier molecular flexibility index (Phi) is 5.61. The van der Waals surface area contributed by atoms with E-state index in [9.17, 15) is 9.59 Å². The average Bonchev–Trinajstić information content (AvgIpc) is 3.06. The van der Waals surface area contributed by atoms with Crippen molar-refractivity contribution in [3.8, 4) is 11.5 Å². The number of carboxylic acids is 1. The number of nitrogens with zero attached hydrogens (tertiary/aromatic N) is 1. The van der Waals surface area contributed by atoms with Crippen LogP contribution in [0.4, 0.5) is 5.69 Å². The highest BCUT2D eigenvalue weighted by atomic mass is 16.5. The van der Waals surface area contributed by atoms with E-state index in [4.69, 9.17) is 14.6 Å². The Bertz CT molecular complexity index is 830. The van der Waals surface area contributed by atoms with Crippen LogP contribution in [0.1, 0.15) is 22.3 Å². The molecule has 0 spiro atoms. The van der Waals surface area contributed by atoms with Crippen LogP contribution >= 0.6 is 0 Å². The number of methoxy groups -OCH3 is 2. The van der Waals surface area contributed by atoms with E-state index in [1.165, 1.54) is 0 Å². The quantitative estimate of drug-likeness (QED) is 0.778. The van der Waals surface area contributed by atoms with Crippen molar-refractivity contribution in [2.45, 2.75) is 19.0 Å². The molecule has 1 heterocycles. The first kappa shape index (κ1) is 18.7. The lowest BCUT2D eigenvalue weighted by molar-refractivity contribution is -0.118. The summed E-state index contributed by atoms with van der Waals surface area (Å²) in [5.41, 5.74) is 1.79. The number of benzene rings is 2. The number of nitrogens with one attached hydrogen (secondary N) is 1. The molecule has 0 radical (unpaired) electrons. The van der Waals surface area contributed by atoms with Gasteiger partial charge in [-0.15, -0.1) is 0 Å². The topological polar surface area (TPSA) is 88.1 Å². The highest BCUT2D eigenvalue weighted by Crippen LogP contribution is 2.31. The molecule has 27 heavy (non-hydrogen) atoms. The number of aromatic carboxylic acids is 1. The Morgan fingerprint density at radius 1 is 1.19 bits per heavy atom. The lowest BCUT2D eigenvalue weighted by Crippen LogP contribution is -2.38. The normalized spacial score (nSPS) is 16.4. The van der Waals surface area contributed by atoms with E-state index in [0.717, 1.165) is 11.3 Å². The molecule has 1 unspecified atom stereocenters. The van der Waals surface area contributed by atoms with Crippen LogP contribution in [0.15, 0.2) is 42.5 Å². The van der Waals surface area contributed by atoms with Gasteiger partial charge >= 0.3 is 5.97 Å². The van der Waals surface area contributed by atoms with Crippen LogP contribution < -0.4 is 19.7 Å². The minimum absolute atomic E-state index is 0.0281. The van der Waals surface area contributed by atoms with Crippen LogP contribution in [-0.2, 0) is 11.3 Å². The predicted octanol–water partition coefficient (Wildman–Crippen LogP) is 2.30. The van der Waals surface area contributed by atoms with E-state index in [-0.39, 0.29) is 17.5 Å². The van der Waals surface area contributed by atoms with Gasteiger partial charge in [-0.1, -0.05) is 12.1 Å². The Labute approximate surface area is 157 Å². The van der Waals surface area contributed by atoms with Crippen molar-refractivity contribution in [3.05, 3.63) is 53.6 Å². The van der Waals surface area contributed by atoms with Crippen molar-refractivity contribution in [2.24, 2.45) is 0 Å². The van der Waals surface area contributed by atoms with E-state index < -0.39 is 5.97 Å². The van der Waals surface area contributed by atoms with Crippen molar-refractivity contribution in [2.75, 3.05) is 25.7 Å². The summed E-state index contributed by atoms with van der Waals surface area (Å²) in [6.45, 7) is 1.01. The first-order valence-electron chi connectivity index (χ1n) is 8.62. The van der Waals surface area contributed by atoms with Gasteiger partial charge in [-0.25, -0.2) is 4.79 Å². The third-order valence-electron chi connectivity index (χ3n) is 4.58. The second-order valence-electron chi connectivity index (χ2n) is 6.29. The number of rotatable bonds is 7. The standard InChI is InChI=1S/C20H22N2O5/c1-26-16-9-15(10-17(11-16)27-2)22-7-6-18(19(22)23)21-12-13-4-3-5-14(8-13)20(24)25/h3-5,8-11,18,21H,6-7,12H2,1-2H3,(H,24,25). The Hall–Kier alpha value is -3.06. The summed E-state index contributed by atoms with van der Waals surface area (Å²) >= 11 is 0. The van der Waals surface area contributed by atoms with Crippen molar-refractivity contribution in [1.82, 2.24) is 5.32 Å². The van der Waals surface area contributed by atoms with Crippen molar-refractivity contribution in [1.29, 1.82) is 0 Å². The number of anilines is 1. The Morgan fingerprint density at radius 3 is 2.52 bits per heavy atom. The van der Waals surface area contributed by atoms with Gasteiger partial charge in [-0.3, -0.25) is 4.79 Å². The van der Waals surface area contributed by atoms with Gasteiger partial charge in [-0.2, -0.15) is 0 Å². The summed E-state index contributed by atoms with van der Waals surface area (Å²) in [5.74, 6) is 0.254. The van der Waals surface area contributed by atoms with Crippen LogP contribution in [0, 0.1) is 0 Å². The molecular weight excluding hydrogens is 348 g/mol. The van der Waals surface area contributed by atoms with E-state index >= 15 is 0 Å². The molecule has 2 aromatic rings. The fourth-order valence-corrected chi connectivity index (χ4v) is 3.13. The van der Waals surface area contributed by atoms with Gasteiger partial charge < -0.3 is 24.8 Å². The number of ether oxygens (including phenoxy) is 2. The average molecular weight is 370 g/mol. The monoisotopic (exact) mass is 370 g/mol. The molecule has 1 amide bonds. The van der Waals surface area contributed by atoms with Gasteiger partial charge in [0.05, 0.1) is 31.5 Å². The fourth-order valence-electron chi connectivity index (χ4n) is 3.13. The molecule has 1 aliphatic rings. The molecule has 0 saturated carbocycles. The van der Waals surface area contributed by atoms with E-state index in [1.807, 2.05) is 6.07 Å². The van der Waals surface area contributed by atoms with Crippen LogP contribution in [-0.4, -0.2) is 43.8 Å². The van der Waals surface area contributed by atoms with Gasteiger partial charge in [0.25, 0.3) is 0 Å². The maximum atomic E-state index is 12.8. The maximum absolute atomic E-state index is 12.8. The lowest BCUT2D eigenvalue weighted by Gasteiger charge is -2.19. The zero-order chi connectivity index (χ0) is 19.4. The largest absolute Gasteiger partial charge is 0.497 e. The summed E-state index contributed by atoms with van der Waals surface area (Å²) in [6.07, 6.45) is 0.664. The summed E-state index contributed by atoms with van der Waals surface area (Å²) in [4.78, 5) is 25.6. The minimum Gasteiger partial charge on any atom is -0.497 e. The van der Waals surface area contributed by atoms with Crippen molar-refractivity contribution < 1.29 is 24.2 Å². The second kappa shape index (κ2) is 8.09. The molecule has 0 bridgehead atoms. The summed E-state index contributed by atoms with van der Waals surface area (Å²) < 4.78 is 10.5. The number of carbonyl (C=O) groups excluding carboxylic acids is 1. The first-order chi connectivity index (χ1) is 13.0. The second-order valence-corrected chi connectivity index (χ2v) is 6.29. The zero-order valence-electron chi connectivity index (χ0n) is 15.3. The van der Waals surface area contributed by atoms with Crippen molar-refractivity contribution >= 4 is 17.6 Å². The molecule has 1 saturated heterocycles. The predicted molar refractivity (Wildman–Crippen MR) is 101 cm³/mol. The first-order valence-corrected chi connectivity index (χ1v) is 8.62. The molecule has 142 valence electrons. The SMILES string of the molecule is COc1cc(OC)cc(N2CCC(NCc3cccc(C(=O)O)c3)C2=O)c1. The summed E-state index contributed by atoms with van der Waals surface area (Å²) in [6, 6.07) is 11.7. The molecule has 2 N–H and O–H groups in total. The number of hydrogen-bond donors (Lipinski definition) is 2. The molecule has 2 aromatic carbocycles. The molecule has 0 aliphatic carbocycles. The number of carboxylic acid groups (broad SMARTS) is 1. The minimum atomic E-state index is -0.966. The van der Waals surface area contributed by atoms with E-state index in [0.29, 0.717) is 31.0 Å². The molecule has 0 aromatic heterocycles. The van der Waals surface area contributed by atoms with Gasteiger partial charge in [0.2, 0.25) is 5.91 Å². The fraction of sp³-hybridized carbons (Fsp3) is 0.300. The molecule has 1 fully saturated rings. The van der Waals surface area contributed by atoms with Gasteiger partial charge in [0, 0.05) is 31.3 Å². The number of hydrogen-bond acceptors (Lipinski definition) is 5. The van der Waals surface area contributed by atoms with E-state index in [2.05, 4.69) is 5.32 Å². The third-order valence-corrected chi connectivity index (χ3v) is 4.58. The van der Waals surface area contributed by atoms with Crippen LogP contribution in [0.5, 0.6) is 11.5 Å². The van der Waals surface area contributed by atoms with Crippen LogP contribution in [0.2, 0.25) is 0 Å². The van der Waals surface area contributed by atoms with Gasteiger partial charge in [-0.05, 0) is 24.1 Å². The molecule has 1 aliphatic heterocycles. The van der Waals surface area contributed by atoms with Gasteiger partial charge in [0.15, 0.2) is 0 Å². The zero-order valence-corrected chi connectivity index (χ0v) is 15.3. The highest BCUT2D eigenvalue weighted by Gasteiger charge is 2.32. The molecule has 1 atom stereocenters. The van der Waals surface area contributed by atoms with Gasteiger partial charge in [0.1, 0.15) is 11.5 Å². The van der Waals surface area contributed by atoms with E-state index in [1.54, 1.807) is 55.5 Å². The molecule has 3 rings (SSSR count). The lowest BCUT2D eigenvalue weighted by atomic mass is 10.1. The Balaban J connectivity index is 1.68. The maximum Gasteiger partial charge on any atom is 0.335 e. The van der Waals surface area contributed by atoms with Crippen molar-refractivity contribution in [3.63, 3.8) is 0 Å².